The molecule has 1 aromatic heterocycles. The second-order valence-corrected chi connectivity index (χ2v) is 6.21. The lowest BCUT2D eigenvalue weighted by atomic mass is 10.0. The molecule has 21 heavy (non-hydrogen) atoms. The van der Waals surface area contributed by atoms with E-state index in [1.807, 2.05) is 0 Å². The topological polar surface area (TPSA) is 19.4 Å². The van der Waals surface area contributed by atoms with E-state index in [9.17, 15) is 0 Å². The van der Waals surface area contributed by atoms with Crippen molar-refractivity contribution in [3.05, 3.63) is 36.0 Å². The van der Waals surface area contributed by atoms with E-state index in [1.54, 1.807) is 0 Å². The van der Waals surface area contributed by atoms with Gasteiger partial charge in [0, 0.05) is 35.9 Å². The number of fused-ring (bicyclic) bond motifs is 1. The second-order valence-electron chi connectivity index (χ2n) is 6.21. The maximum absolute atomic E-state index is 4.77. The molecule has 1 aromatic carbocycles. The Bertz CT molecular complexity index is 621. The first kappa shape index (κ1) is 14.3. The van der Waals surface area contributed by atoms with Gasteiger partial charge < -0.3 is 9.80 Å². The van der Waals surface area contributed by atoms with E-state index in [2.05, 4.69) is 61.2 Å². The van der Waals surface area contributed by atoms with Crippen LogP contribution in [-0.2, 0) is 6.42 Å². The zero-order chi connectivity index (χ0) is 14.8. The Morgan fingerprint density at radius 1 is 1.29 bits per heavy atom. The Balaban J connectivity index is 2.02. The van der Waals surface area contributed by atoms with Crippen molar-refractivity contribution in [2.45, 2.75) is 32.2 Å². The van der Waals surface area contributed by atoms with Crippen molar-refractivity contribution >= 4 is 16.6 Å². The number of aromatic nitrogens is 1. The minimum Gasteiger partial charge on any atom is -0.369 e. The van der Waals surface area contributed by atoms with E-state index in [0.717, 1.165) is 25.0 Å². The zero-order valence-electron chi connectivity index (χ0n) is 13.3. The highest BCUT2D eigenvalue weighted by Crippen LogP contribution is 2.29. The van der Waals surface area contributed by atoms with Gasteiger partial charge in [-0.1, -0.05) is 25.1 Å². The molecule has 0 spiro atoms. The molecule has 1 unspecified atom stereocenters. The maximum Gasteiger partial charge on any atom is 0.0726 e. The fraction of sp³-hybridized carbons (Fsp3) is 0.500. The number of likely N-dealkylation sites (N-methyl/N-ethyl adjacent to an activating group) is 1. The number of hydrogen-bond acceptors (Lipinski definition) is 3. The van der Waals surface area contributed by atoms with Crippen LogP contribution in [0.3, 0.4) is 0 Å². The molecule has 1 atom stereocenters. The average molecular weight is 283 g/mol. The van der Waals surface area contributed by atoms with Crippen LogP contribution in [0.5, 0.6) is 0 Å². The Hall–Kier alpha value is -1.61. The monoisotopic (exact) mass is 283 g/mol. The lowest BCUT2D eigenvalue weighted by Gasteiger charge is -2.38. The second kappa shape index (κ2) is 6.02. The van der Waals surface area contributed by atoms with Crippen LogP contribution in [0.4, 0.5) is 5.69 Å². The molecular weight excluding hydrogens is 258 g/mol. The molecule has 0 amide bonds. The van der Waals surface area contributed by atoms with Crippen molar-refractivity contribution in [3.63, 3.8) is 0 Å². The summed E-state index contributed by atoms with van der Waals surface area (Å²) < 4.78 is 0. The van der Waals surface area contributed by atoms with Crippen molar-refractivity contribution < 1.29 is 0 Å². The molecule has 0 radical (unpaired) electrons. The van der Waals surface area contributed by atoms with Crippen molar-refractivity contribution in [2.24, 2.45) is 0 Å². The first-order valence-corrected chi connectivity index (χ1v) is 7.99. The molecule has 1 saturated heterocycles. The predicted molar refractivity (Wildman–Crippen MR) is 90.0 cm³/mol. The fourth-order valence-corrected chi connectivity index (χ4v) is 3.25. The third kappa shape index (κ3) is 2.88. The molecule has 1 aliphatic heterocycles. The van der Waals surface area contributed by atoms with Crippen molar-refractivity contribution in [3.8, 4) is 0 Å². The van der Waals surface area contributed by atoms with Crippen LogP contribution >= 0.6 is 0 Å². The molecule has 1 aliphatic rings. The van der Waals surface area contributed by atoms with E-state index in [0.29, 0.717) is 6.04 Å². The number of pyridine rings is 1. The molecule has 2 heterocycles. The van der Waals surface area contributed by atoms with Gasteiger partial charge in [0.05, 0.1) is 5.52 Å². The van der Waals surface area contributed by atoms with Crippen LogP contribution < -0.4 is 4.90 Å². The van der Waals surface area contributed by atoms with Gasteiger partial charge in [-0.05, 0) is 45.5 Å². The highest BCUT2D eigenvalue weighted by atomic mass is 15.2. The Labute approximate surface area is 127 Å². The Morgan fingerprint density at radius 2 is 2.10 bits per heavy atom. The van der Waals surface area contributed by atoms with Crippen LogP contribution in [0.2, 0.25) is 0 Å². The van der Waals surface area contributed by atoms with Gasteiger partial charge in [-0.3, -0.25) is 4.98 Å². The number of anilines is 1. The van der Waals surface area contributed by atoms with E-state index < -0.39 is 0 Å². The van der Waals surface area contributed by atoms with Gasteiger partial charge in [0.2, 0.25) is 0 Å². The van der Waals surface area contributed by atoms with Gasteiger partial charge in [0.25, 0.3) is 0 Å². The SMILES string of the molecule is CCc1cc(N2CCCC(N(C)C)C2)c2ccccc2n1. The molecule has 112 valence electrons. The predicted octanol–water partition coefficient (Wildman–Crippen LogP) is 3.33. The van der Waals surface area contributed by atoms with E-state index in [-0.39, 0.29) is 0 Å². The highest BCUT2D eigenvalue weighted by Gasteiger charge is 2.23. The Kier molecular flexibility index (Phi) is 4.11. The molecule has 3 heteroatoms. The van der Waals surface area contributed by atoms with Crippen molar-refractivity contribution in [2.75, 3.05) is 32.1 Å². The van der Waals surface area contributed by atoms with Crippen molar-refractivity contribution in [1.29, 1.82) is 0 Å². The smallest absolute Gasteiger partial charge is 0.0726 e. The summed E-state index contributed by atoms with van der Waals surface area (Å²) in [6.45, 7) is 4.45. The molecule has 3 rings (SSSR count). The number of rotatable bonds is 3. The van der Waals surface area contributed by atoms with Crippen LogP contribution in [0, 0.1) is 0 Å². The molecule has 1 fully saturated rings. The minimum atomic E-state index is 0.649. The molecule has 0 bridgehead atoms. The summed E-state index contributed by atoms with van der Waals surface area (Å²) in [5.41, 5.74) is 3.68. The number of para-hydroxylation sites is 1. The normalized spacial score (nSPS) is 19.4. The number of hydrogen-bond donors (Lipinski definition) is 0. The van der Waals surface area contributed by atoms with Crippen LogP contribution in [0.15, 0.2) is 30.3 Å². The van der Waals surface area contributed by atoms with Gasteiger partial charge in [-0.2, -0.15) is 0 Å². The number of piperidine rings is 1. The first-order valence-electron chi connectivity index (χ1n) is 7.99. The zero-order valence-corrected chi connectivity index (χ0v) is 13.3. The van der Waals surface area contributed by atoms with Gasteiger partial charge >= 0.3 is 0 Å². The molecule has 0 aliphatic carbocycles. The Morgan fingerprint density at radius 3 is 2.86 bits per heavy atom. The highest BCUT2D eigenvalue weighted by molar-refractivity contribution is 5.92. The van der Waals surface area contributed by atoms with Gasteiger partial charge in [0.1, 0.15) is 0 Å². The van der Waals surface area contributed by atoms with Crippen molar-refractivity contribution in [1.82, 2.24) is 9.88 Å². The van der Waals surface area contributed by atoms with Gasteiger partial charge in [0.15, 0.2) is 0 Å². The lowest BCUT2D eigenvalue weighted by molar-refractivity contribution is 0.258. The molecule has 2 aromatic rings. The molecular formula is C18H25N3. The standard InChI is InChI=1S/C18H25N3/c1-4-14-12-18(16-9-5-6-10-17(16)19-14)21-11-7-8-15(13-21)20(2)3/h5-6,9-10,12,15H,4,7-8,11,13H2,1-3H3. The van der Waals surface area contributed by atoms with Crippen LogP contribution in [0.25, 0.3) is 10.9 Å². The number of benzene rings is 1. The first-order chi connectivity index (χ1) is 10.2. The summed E-state index contributed by atoms with van der Waals surface area (Å²) in [5, 5.41) is 1.29. The summed E-state index contributed by atoms with van der Waals surface area (Å²) in [4.78, 5) is 9.68. The lowest BCUT2D eigenvalue weighted by Crippen LogP contribution is -2.45. The summed E-state index contributed by atoms with van der Waals surface area (Å²) in [6.07, 6.45) is 3.55. The van der Waals surface area contributed by atoms with E-state index in [4.69, 9.17) is 4.98 Å². The number of nitrogens with zero attached hydrogens (tertiary/aromatic N) is 3. The summed E-state index contributed by atoms with van der Waals surface area (Å²) in [6, 6.07) is 11.5. The van der Waals surface area contributed by atoms with E-state index >= 15 is 0 Å². The minimum absolute atomic E-state index is 0.649. The summed E-state index contributed by atoms with van der Waals surface area (Å²) in [7, 11) is 4.38. The summed E-state index contributed by atoms with van der Waals surface area (Å²) in [5.74, 6) is 0. The van der Waals surface area contributed by atoms with Gasteiger partial charge in [-0.25, -0.2) is 0 Å². The van der Waals surface area contributed by atoms with Gasteiger partial charge in [-0.15, -0.1) is 0 Å². The largest absolute Gasteiger partial charge is 0.369 e. The number of aryl methyl sites for hydroxylation is 1. The molecule has 3 nitrogen and oxygen atoms in total. The third-order valence-corrected chi connectivity index (χ3v) is 4.58. The third-order valence-electron chi connectivity index (χ3n) is 4.58. The molecule has 0 saturated carbocycles. The molecule has 0 N–H and O–H groups in total. The maximum atomic E-state index is 4.77. The summed E-state index contributed by atoms with van der Waals surface area (Å²) >= 11 is 0. The van der Waals surface area contributed by atoms with E-state index in [1.165, 1.54) is 29.6 Å². The quantitative estimate of drug-likeness (QED) is 0.861. The fourth-order valence-electron chi connectivity index (χ4n) is 3.25. The van der Waals surface area contributed by atoms with Crippen LogP contribution in [-0.4, -0.2) is 43.1 Å². The average Bonchev–Trinajstić information content (AvgIpc) is 2.53. The van der Waals surface area contributed by atoms with Crippen LogP contribution in [0.1, 0.15) is 25.5 Å².